The molecule has 2 aromatic carbocycles. The number of amides is 1. The Hall–Kier alpha value is -2.90. The van der Waals surface area contributed by atoms with Gasteiger partial charge in [0.1, 0.15) is 17.4 Å². The van der Waals surface area contributed by atoms with Gasteiger partial charge in [-0.2, -0.15) is 0 Å². The third-order valence-corrected chi connectivity index (χ3v) is 6.03. The Kier molecular flexibility index (Phi) is 5.98. The Morgan fingerprint density at radius 2 is 1.84 bits per heavy atom. The van der Waals surface area contributed by atoms with Crippen molar-refractivity contribution in [2.75, 3.05) is 33.3 Å². The quantitative estimate of drug-likeness (QED) is 0.564. The van der Waals surface area contributed by atoms with Gasteiger partial charge in [0.05, 0.1) is 7.11 Å². The molecular weight excluding hydrogens is 423 g/mol. The summed E-state index contributed by atoms with van der Waals surface area (Å²) in [5.74, 6) is -0.814. The zero-order chi connectivity index (χ0) is 22.1. The molecule has 1 amide bonds. The minimum atomic E-state index is -0.646. The average molecular weight is 445 g/mol. The van der Waals surface area contributed by atoms with E-state index in [2.05, 4.69) is 0 Å². The topological polar surface area (TPSA) is 63.0 Å². The molecule has 6 nitrogen and oxygen atoms in total. The van der Waals surface area contributed by atoms with Gasteiger partial charge in [0.2, 0.25) is 0 Å². The van der Waals surface area contributed by atoms with Gasteiger partial charge in [0.15, 0.2) is 5.76 Å². The molecule has 1 fully saturated rings. The predicted octanol–water partition coefficient (Wildman–Crippen LogP) is 4.21. The number of fused-ring (bicyclic) bond motifs is 1. The third kappa shape index (κ3) is 4.03. The summed E-state index contributed by atoms with van der Waals surface area (Å²) in [6.45, 7) is 3.48. The maximum absolute atomic E-state index is 13.6. The van der Waals surface area contributed by atoms with E-state index in [1.165, 1.54) is 25.3 Å². The zero-order valence-corrected chi connectivity index (χ0v) is 18.0. The number of benzene rings is 2. The lowest BCUT2D eigenvalue weighted by atomic mass is 10.0. The Labute approximate surface area is 184 Å². The van der Waals surface area contributed by atoms with E-state index in [0.717, 1.165) is 0 Å². The number of hydrogen-bond donors (Lipinski definition) is 0. The summed E-state index contributed by atoms with van der Waals surface area (Å²) < 4.78 is 24.3. The highest BCUT2D eigenvalue weighted by molar-refractivity contribution is 6.31. The number of hydrogen-bond acceptors (Lipinski definition) is 5. The second-order valence-electron chi connectivity index (χ2n) is 7.47. The molecule has 2 heterocycles. The molecule has 0 aliphatic carbocycles. The first-order valence-corrected chi connectivity index (χ1v) is 10.3. The van der Waals surface area contributed by atoms with Crippen LogP contribution in [0.3, 0.4) is 0 Å². The average Bonchev–Trinajstić information content (AvgIpc) is 3.11. The van der Waals surface area contributed by atoms with Crippen molar-refractivity contribution in [3.05, 3.63) is 70.2 Å². The molecule has 0 bridgehead atoms. The van der Waals surface area contributed by atoms with E-state index in [1.54, 1.807) is 30.0 Å². The van der Waals surface area contributed by atoms with Gasteiger partial charge in [-0.15, -0.1) is 0 Å². The van der Waals surface area contributed by atoms with Gasteiger partial charge in [-0.05, 0) is 36.8 Å². The molecular formula is C23H22ClFN2O4. The number of carbonyl (C=O) groups excluding carboxylic acids is 2. The lowest BCUT2D eigenvalue weighted by molar-refractivity contribution is -0.148. The van der Waals surface area contributed by atoms with Gasteiger partial charge in [-0.1, -0.05) is 29.8 Å². The minimum absolute atomic E-state index is 0.213. The number of methoxy groups -OCH3 is 1. The van der Waals surface area contributed by atoms with Crippen molar-refractivity contribution in [1.82, 2.24) is 9.80 Å². The van der Waals surface area contributed by atoms with Gasteiger partial charge in [-0.25, -0.2) is 9.18 Å². The summed E-state index contributed by atoms with van der Waals surface area (Å²) in [6.07, 6.45) is 0. The molecule has 1 aliphatic rings. The number of ether oxygens (including phenoxy) is 1. The number of esters is 1. The van der Waals surface area contributed by atoms with Crippen LogP contribution in [0, 0.1) is 12.7 Å². The SMILES string of the molecule is COC(=O)[C@@H](c1ccccc1Cl)N1CCN(C(=O)c2oc3ccc(F)cc3c2C)CC1. The summed E-state index contributed by atoms with van der Waals surface area (Å²) >= 11 is 6.33. The summed E-state index contributed by atoms with van der Waals surface area (Å²) in [5, 5.41) is 1.08. The Morgan fingerprint density at radius 1 is 1.13 bits per heavy atom. The van der Waals surface area contributed by atoms with Crippen molar-refractivity contribution in [2.45, 2.75) is 13.0 Å². The van der Waals surface area contributed by atoms with Crippen molar-refractivity contribution < 1.29 is 23.1 Å². The van der Waals surface area contributed by atoms with Crippen LogP contribution in [0.4, 0.5) is 4.39 Å². The van der Waals surface area contributed by atoms with Crippen LogP contribution in [-0.2, 0) is 9.53 Å². The maximum atomic E-state index is 13.6. The fourth-order valence-corrected chi connectivity index (χ4v) is 4.24. The smallest absolute Gasteiger partial charge is 0.327 e. The normalized spacial score (nSPS) is 15.8. The van der Waals surface area contributed by atoms with Gasteiger partial charge >= 0.3 is 5.97 Å². The molecule has 0 spiro atoms. The Bertz CT molecular complexity index is 1140. The molecule has 162 valence electrons. The molecule has 8 heteroatoms. The van der Waals surface area contributed by atoms with E-state index >= 15 is 0 Å². The van der Waals surface area contributed by atoms with Crippen LogP contribution in [-0.4, -0.2) is 55.0 Å². The second-order valence-corrected chi connectivity index (χ2v) is 7.88. The van der Waals surface area contributed by atoms with Crippen LogP contribution in [0.25, 0.3) is 11.0 Å². The molecule has 0 unspecified atom stereocenters. The third-order valence-electron chi connectivity index (χ3n) is 5.68. The highest BCUT2D eigenvalue weighted by Crippen LogP contribution is 2.31. The van der Waals surface area contributed by atoms with Crippen LogP contribution < -0.4 is 0 Å². The van der Waals surface area contributed by atoms with Crippen molar-refractivity contribution in [3.63, 3.8) is 0 Å². The number of halogens is 2. The van der Waals surface area contributed by atoms with Gasteiger partial charge < -0.3 is 14.1 Å². The number of carbonyl (C=O) groups is 2. The molecule has 1 saturated heterocycles. The lowest BCUT2D eigenvalue weighted by Crippen LogP contribution is -2.51. The highest BCUT2D eigenvalue weighted by Gasteiger charge is 2.34. The fraction of sp³-hybridized carbons (Fsp3) is 0.304. The first-order chi connectivity index (χ1) is 14.9. The molecule has 1 atom stereocenters. The van der Waals surface area contributed by atoms with Crippen LogP contribution in [0.2, 0.25) is 5.02 Å². The van der Waals surface area contributed by atoms with Gasteiger partial charge in [0, 0.05) is 42.2 Å². The monoisotopic (exact) mass is 444 g/mol. The van der Waals surface area contributed by atoms with Crippen molar-refractivity contribution in [2.24, 2.45) is 0 Å². The van der Waals surface area contributed by atoms with Gasteiger partial charge in [-0.3, -0.25) is 9.69 Å². The number of furan rings is 1. The lowest BCUT2D eigenvalue weighted by Gasteiger charge is -2.38. The maximum Gasteiger partial charge on any atom is 0.327 e. The summed E-state index contributed by atoms with van der Waals surface area (Å²) in [7, 11) is 1.35. The summed E-state index contributed by atoms with van der Waals surface area (Å²) in [5.41, 5.74) is 1.77. The van der Waals surface area contributed by atoms with E-state index in [-0.39, 0.29) is 17.5 Å². The summed E-state index contributed by atoms with van der Waals surface area (Å²) in [4.78, 5) is 29.2. The molecule has 1 aromatic heterocycles. The van der Waals surface area contributed by atoms with Crippen LogP contribution >= 0.6 is 11.6 Å². The number of aryl methyl sites for hydroxylation is 1. The number of piperazine rings is 1. The highest BCUT2D eigenvalue weighted by atomic mass is 35.5. The van der Waals surface area contributed by atoms with Crippen LogP contribution in [0.5, 0.6) is 0 Å². The molecule has 1 aliphatic heterocycles. The zero-order valence-electron chi connectivity index (χ0n) is 17.2. The summed E-state index contributed by atoms with van der Waals surface area (Å²) in [6, 6.07) is 10.7. The minimum Gasteiger partial charge on any atom is -0.468 e. The number of nitrogens with zero attached hydrogens (tertiary/aromatic N) is 2. The fourth-order valence-electron chi connectivity index (χ4n) is 4.01. The molecule has 0 saturated carbocycles. The van der Waals surface area contributed by atoms with Crippen molar-refractivity contribution >= 4 is 34.4 Å². The van der Waals surface area contributed by atoms with Crippen LogP contribution in [0.1, 0.15) is 27.7 Å². The first kappa shape index (κ1) is 21.3. The molecule has 31 heavy (non-hydrogen) atoms. The van der Waals surface area contributed by atoms with E-state index in [0.29, 0.717) is 53.3 Å². The first-order valence-electron chi connectivity index (χ1n) is 9.95. The Morgan fingerprint density at radius 3 is 2.52 bits per heavy atom. The molecule has 3 aromatic rings. The van der Waals surface area contributed by atoms with E-state index in [4.69, 9.17) is 20.8 Å². The molecule has 4 rings (SSSR count). The number of rotatable bonds is 4. The van der Waals surface area contributed by atoms with E-state index in [9.17, 15) is 14.0 Å². The largest absolute Gasteiger partial charge is 0.468 e. The molecule has 0 radical (unpaired) electrons. The van der Waals surface area contributed by atoms with E-state index < -0.39 is 12.0 Å². The second kappa shape index (κ2) is 8.69. The standard InChI is InChI=1S/C23H22ClFN2O4/c1-14-17-13-15(25)7-8-19(17)31-21(14)22(28)27-11-9-26(10-12-27)20(23(29)30-2)16-5-3-4-6-18(16)24/h3-8,13,20H,9-12H2,1-2H3/t20-/m1/s1. The molecule has 0 N–H and O–H groups in total. The van der Waals surface area contributed by atoms with Crippen molar-refractivity contribution in [3.8, 4) is 0 Å². The van der Waals surface area contributed by atoms with E-state index in [1.807, 2.05) is 11.0 Å². The van der Waals surface area contributed by atoms with Gasteiger partial charge in [0.25, 0.3) is 5.91 Å². The van der Waals surface area contributed by atoms with Crippen LogP contribution in [0.15, 0.2) is 46.9 Å². The van der Waals surface area contributed by atoms with Crippen molar-refractivity contribution in [1.29, 1.82) is 0 Å². The predicted molar refractivity (Wildman–Crippen MR) is 115 cm³/mol. The Balaban J connectivity index is 1.52.